The van der Waals surface area contributed by atoms with E-state index in [1.165, 1.54) is 0 Å². The molecule has 5 nitrogen and oxygen atoms in total. The van der Waals surface area contributed by atoms with E-state index in [1.807, 2.05) is 11.8 Å². The largest absolute Gasteiger partial charge is 0.355 e. The molecule has 1 aliphatic heterocycles. The molecule has 3 N–H and O–H groups in total. The molecule has 1 aliphatic rings. The smallest absolute Gasteiger partial charge is 0.253 e. The molecule has 1 atom stereocenters. The maximum Gasteiger partial charge on any atom is 0.253 e. The summed E-state index contributed by atoms with van der Waals surface area (Å²) in [6.45, 7) is 0.942. The summed E-state index contributed by atoms with van der Waals surface area (Å²) >= 11 is 1.86. The van der Waals surface area contributed by atoms with Crippen molar-refractivity contribution in [2.45, 2.75) is 12.5 Å². The van der Waals surface area contributed by atoms with Crippen LogP contribution in [0.3, 0.4) is 0 Å². The molecular weight excluding hydrogens is 274 g/mol. The normalized spacial score (nSPS) is 18.4. The second kappa shape index (κ2) is 7.31. The average molecular weight is 293 g/mol. The van der Waals surface area contributed by atoms with Gasteiger partial charge >= 0.3 is 0 Å². The third-order valence-electron chi connectivity index (χ3n) is 3.10. The number of para-hydroxylation sites is 1. The number of hydrogen-bond acceptors (Lipinski definition) is 4. The Morgan fingerprint density at radius 1 is 1.40 bits per heavy atom. The molecule has 1 aromatic rings. The van der Waals surface area contributed by atoms with Crippen LogP contribution in [-0.4, -0.2) is 43.0 Å². The van der Waals surface area contributed by atoms with Crippen LogP contribution in [0.15, 0.2) is 24.3 Å². The topological polar surface area (TPSA) is 70.2 Å². The van der Waals surface area contributed by atoms with Crippen molar-refractivity contribution in [2.24, 2.45) is 0 Å². The third kappa shape index (κ3) is 3.98. The summed E-state index contributed by atoms with van der Waals surface area (Å²) < 4.78 is 0. The SMILES string of the molecule is CNC(=O)c1ccccc1NC(=O)CC1CSCCN1. The fraction of sp³-hybridized carbons (Fsp3) is 0.429. The molecule has 0 bridgehead atoms. The van der Waals surface area contributed by atoms with Crippen LogP contribution in [0, 0.1) is 0 Å². The predicted molar refractivity (Wildman–Crippen MR) is 82.2 cm³/mol. The summed E-state index contributed by atoms with van der Waals surface area (Å²) in [5.74, 6) is 1.77. The number of anilines is 1. The minimum Gasteiger partial charge on any atom is -0.355 e. The molecule has 1 heterocycles. The Labute approximate surface area is 122 Å². The number of thioether (sulfide) groups is 1. The van der Waals surface area contributed by atoms with Gasteiger partial charge < -0.3 is 16.0 Å². The van der Waals surface area contributed by atoms with Gasteiger partial charge in [-0.15, -0.1) is 0 Å². The lowest BCUT2D eigenvalue weighted by Crippen LogP contribution is -2.40. The molecule has 1 fully saturated rings. The van der Waals surface area contributed by atoms with Crippen LogP contribution in [0.1, 0.15) is 16.8 Å². The number of amides is 2. The molecule has 1 unspecified atom stereocenters. The molecule has 0 aromatic heterocycles. The predicted octanol–water partition coefficient (Wildman–Crippen LogP) is 1.08. The van der Waals surface area contributed by atoms with Crippen LogP contribution < -0.4 is 16.0 Å². The molecule has 1 aromatic carbocycles. The standard InChI is InChI=1S/C14H19N3O2S/c1-15-14(19)11-4-2-3-5-12(11)17-13(18)8-10-9-20-7-6-16-10/h2-5,10,16H,6-9H2,1H3,(H,15,19)(H,17,18). The van der Waals surface area contributed by atoms with Crippen LogP contribution in [-0.2, 0) is 4.79 Å². The van der Waals surface area contributed by atoms with Gasteiger partial charge in [0.25, 0.3) is 5.91 Å². The number of benzene rings is 1. The first-order chi connectivity index (χ1) is 9.70. The molecule has 0 saturated carbocycles. The zero-order valence-electron chi connectivity index (χ0n) is 11.4. The average Bonchev–Trinajstić information content (AvgIpc) is 2.48. The zero-order valence-corrected chi connectivity index (χ0v) is 12.3. The van der Waals surface area contributed by atoms with E-state index < -0.39 is 0 Å². The lowest BCUT2D eigenvalue weighted by Gasteiger charge is -2.22. The van der Waals surface area contributed by atoms with Crippen molar-refractivity contribution in [2.75, 3.05) is 30.4 Å². The molecule has 2 rings (SSSR count). The Hall–Kier alpha value is -1.53. The quantitative estimate of drug-likeness (QED) is 0.777. The Bertz CT molecular complexity index is 487. The number of carbonyl (C=O) groups excluding carboxylic acids is 2. The number of nitrogens with one attached hydrogen (secondary N) is 3. The summed E-state index contributed by atoms with van der Waals surface area (Å²) in [5.41, 5.74) is 1.04. The maximum atomic E-state index is 12.1. The highest BCUT2D eigenvalue weighted by Crippen LogP contribution is 2.16. The Kier molecular flexibility index (Phi) is 5.43. The molecule has 1 saturated heterocycles. The van der Waals surface area contributed by atoms with Crippen LogP contribution in [0.4, 0.5) is 5.69 Å². The Balaban J connectivity index is 1.98. The number of rotatable bonds is 4. The highest BCUT2D eigenvalue weighted by atomic mass is 32.2. The second-order valence-electron chi connectivity index (χ2n) is 4.60. The second-order valence-corrected chi connectivity index (χ2v) is 5.75. The first-order valence-electron chi connectivity index (χ1n) is 6.63. The van der Waals surface area contributed by atoms with E-state index in [9.17, 15) is 9.59 Å². The van der Waals surface area contributed by atoms with Gasteiger partial charge in [-0.1, -0.05) is 12.1 Å². The van der Waals surface area contributed by atoms with E-state index in [-0.39, 0.29) is 17.9 Å². The van der Waals surface area contributed by atoms with Gasteiger partial charge in [-0.05, 0) is 12.1 Å². The number of hydrogen-bond donors (Lipinski definition) is 3. The van der Waals surface area contributed by atoms with Gasteiger partial charge in [0.2, 0.25) is 5.91 Å². The van der Waals surface area contributed by atoms with Crippen molar-refractivity contribution in [3.05, 3.63) is 29.8 Å². The van der Waals surface area contributed by atoms with Crippen molar-refractivity contribution in [1.29, 1.82) is 0 Å². The lowest BCUT2D eigenvalue weighted by molar-refractivity contribution is -0.116. The fourth-order valence-corrected chi connectivity index (χ4v) is 3.05. The highest BCUT2D eigenvalue weighted by Gasteiger charge is 2.18. The first-order valence-corrected chi connectivity index (χ1v) is 7.78. The molecule has 2 amide bonds. The van der Waals surface area contributed by atoms with Crippen LogP contribution in [0.25, 0.3) is 0 Å². The fourth-order valence-electron chi connectivity index (χ4n) is 2.10. The van der Waals surface area contributed by atoms with E-state index in [0.29, 0.717) is 17.7 Å². The molecular formula is C14H19N3O2S. The maximum absolute atomic E-state index is 12.1. The molecule has 6 heteroatoms. The molecule has 0 spiro atoms. The third-order valence-corrected chi connectivity index (χ3v) is 4.23. The van der Waals surface area contributed by atoms with Gasteiger partial charge in [-0.3, -0.25) is 9.59 Å². The number of carbonyl (C=O) groups is 2. The summed E-state index contributed by atoms with van der Waals surface area (Å²) in [7, 11) is 1.57. The van der Waals surface area contributed by atoms with Crippen molar-refractivity contribution in [3.8, 4) is 0 Å². The lowest BCUT2D eigenvalue weighted by atomic mass is 10.1. The van der Waals surface area contributed by atoms with Gasteiger partial charge in [-0.25, -0.2) is 0 Å². The molecule has 20 heavy (non-hydrogen) atoms. The van der Waals surface area contributed by atoms with E-state index in [0.717, 1.165) is 18.1 Å². The van der Waals surface area contributed by atoms with E-state index >= 15 is 0 Å². The van der Waals surface area contributed by atoms with Crippen LogP contribution in [0.2, 0.25) is 0 Å². The summed E-state index contributed by atoms with van der Waals surface area (Å²) in [4.78, 5) is 23.8. The van der Waals surface area contributed by atoms with E-state index in [2.05, 4.69) is 16.0 Å². The summed E-state index contributed by atoms with van der Waals surface area (Å²) in [6, 6.07) is 7.23. The Morgan fingerprint density at radius 2 is 2.20 bits per heavy atom. The van der Waals surface area contributed by atoms with Crippen molar-refractivity contribution in [3.63, 3.8) is 0 Å². The van der Waals surface area contributed by atoms with Gasteiger partial charge in [0.1, 0.15) is 0 Å². The van der Waals surface area contributed by atoms with E-state index in [1.54, 1.807) is 31.3 Å². The Morgan fingerprint density at radius 3 is 2.90 bits per heavy atom. The van der Waals surface area contributed by atoms with Crippen LogP contribution in [0.5, 0.6) is 0 Å². The van der Waals surface area contributed by atoms with Crippen molar-refractivity contribution in [1.82, 2.24) is 10.6 Å². The van der Waals surface area contributed by atoms with Gasteiger partial charge in [0.05, 0.1) is 11.3 Å². The molecule has 0 radical (unpaired) electrons. The zero-order chi connectivity index (χ0) is 14.4. The minimum atomic E-state index is -0.202. The minimum absolute atomic E-state index is 0.0682. The molecule has 108 valence electrons. The van der Waals surface area contributed by atoms with E-state index in [4.69, 9.17) is 0 Å². The summed E-state index contributed by atoms with van der Waals surface area (Å²) in [5, 5.41) is 8.72. The monoisotopic (exact) mass is 293 g/mol. The van der Waals surface area contributed by atoms with Crippen LogP contribution >= 0.6 is 11.8 Å². The summed E-state index contributed by atoms with van der Waals surface area (Å²) in [6.07, 6.45) is 0.426. The van der Waals surface area contributed by atoms with Gasteiger partial charge in [0.15, 0.2) is 0 Å². The van der Waals surface area contributed by atoms with Crippen molar-refractivity contribution < 1.29 is 9.59 Å². The highest BCUT2D eigenvalue weighted by molar-refractivity contribution is 7.99. The molecule has 0 aliphatic carbocycles. The first kappa shape index (κ1) is 14.9. The van der Waals surface area contributed by atoms with Gasteiger partial charge in [0, 0.05) is 37.6 Å². The van der Waals surface area contributed by atoms with Crippen molar-refractivity contribution >= 4 is 29.3 Å². The van der Waals surface area contributed by atoms with Gasteiger partial charge in [-0.2, -0.15) is 11.8 Å².